The van der Waals surface area contributed by atoms with Gasteiger partial charge >= 0.3 is 0 Å². The van der Waals surface area contributed by atoms with Gasteiger partial charge in [0.15, 0.2) is 5.65 Å². The van der Waals surface area contributed by atoms with Crippen molar-refractivity contribution in [3.05, 3.63) is 64.3 Å². The molecule has 0 amide bonds. The third-order valence-corrected chi connectivity index (χ3v) is 3.70. The van der Waals surface area contributed by atoms with Crippen molar-refractivity contribution in [2.75, 3.05) is 0 Å². The number of thioether (sulfide) groups is 1. The molecule has 4 nitrogen and oxygen atoms in total. The van der Waals surface area contributed by atoms with Crippen molar-refractivity contribution >= 4 is 17.4 Å². The highest BCUT2D eigenvalue weighted by molar-refractivity contribution is 7.98. The standard InChI is InChI=1S/C14H12N2O2S/c1-10-7-13-15-11(8-14(17)16(13)18-10)9-19-12-5-3-2-4-6-12/h2-8H,9H2,1H3. The van der Waals surface area contributed by atoms with E-state index in [1.165, 1.54) is 10.6 Å². The van der Waals surface area contributed by atoms with E-state index in [9.17, 15) is 4.79 Å². The Labute approximate surface area is 114 Å². The van der Waals surface area contributed by atoms with Gasteiger partial charge in [0.1, 0.15) is 5.76 Å². The molecule has 3 aromatic rings. The van der Waals surface area contributed by atoms with E-state index >= 15 is 0 Å². The van der Waals surface area contributed by atoms with Gasteiger partial charge in [0.25, 0.3) is 5.56 Å². The second-order valence-corrected chi connectivity index (χ2v) is 5.24. The lowest BCUT2D eigenvalue weighted by Crippen LogP contribution is -2.12. The first-order chi connectivity index (χ1) is 9.22. The van der Waals surface area contributed by atoms with Gasteiger partial charge in [-0.15, -0.1) is 16.3 Å². The Morgan fingerprint density at radius 3 is 2.84 bits per heavy atom. The van der Waals surface area contributed by atoms with Crippen LogP contribution >= 0.6 is 11.8 Å². The fourth-order valence-electron chi connectivity index (χ4n) is 1.82. The number of hydrogen-bond donors (Lipinski definition) is 0. The third-order valence-electron chi connectivity index (χ3n) is 2.65. The maximum Gasteiger partial charge on any atom is 0.287 e. The number of aryl methyl sites for hydroxylation is 1. The third kappa shape index (κ3) is 2.56. The summed E-state index contributed by atoms with van der Waals surface area (Å²) in [5.74, 6) is 1.34. The van der Waals surface area contributed by atoms with Gasteiger partial charge < -0.3 is 4.52 Å². The van der Waals surface area contributed by atoms with Crippen LogP contribution in [0.25, 0.3) is 5.65 Å². The van der Waals surface area contributed by atoms with E-state index in [4.69, 9.17) is 4.52 Å². The zero-order chi connectivity index (χ0) is 13.2. The molecular weight excluding hydrogens is 260 g/mol. The topological polar surface area (TPSA) is 47.5 Å². The van der Waals surface area contributed by atoms with Crippen LogP contribution in [-0.2, 0) is 5.75 Å². The van der Waals surface area contributed by atoms with Crippen molar-refractivity contribution in [2.45, 2.75) is 17.6 Å². The Morgan fingerprint density at radius 2 is 2.05 bits per heavy atom. The molecule has 0 aliphatic heterocycles. The first-order valence-electron chi connectivity index (χ1n) is 5.90. The van der Waals surface area contributed by atoms with E-state index in [-0.39, 0.29) is 5.56 Å². The highest BCUT2D eigenvalue weighted by Gasteiger charge is 2.06. The number of benzene rings is 1. The van der Waals surface area contributed by atoms with Crippen molar-refractivity contribution in [1.29, 1.82) is 0 Å². The van der Waals surface area contributed by atoms with E-state index in [0.717, 1.165) is 10.6 Å². The predicted molar refractivity (Wildman–Crippen MR) is 74.5 cm³/mol. The summed E-state index contributed by atoms with van der Waals surface area (Å²) in [6, 6.07) is 13.3. The van der Waals surface area contributed by atoms with Gasteiger partial charge in [-0.3, -0.25) is 4.79 Å². The molecule has 1 aromatic carbocycles. The minimum atomic E-state index is -0.179. The van der Waals surface area contributed by atoms with Gasteiger partial charge in [0, 0.05) is 22.8 Å². The molecule has 0 spiro atoms. The fraction of sp³-hybridized carbons (Fsp3) is 0.143. The van der Waals surface area contributed by atoms with Crippen LogP contribution in [0.5, 0.6) is 0 Å². The first-order valence-corrected chi connectivity index (χ1v) is 6.88. The van der Waals surface area contributed by atoms with Gasteiger partial charge in [-0.1, -0.05) is 18.2 Å². The minimum Gasteiger partial charge on any atom is -0.375 e. The van der Waals surface area contributed by atoms with E-state index < -0.39 is 0 Å². The summed E-state index contributed by atoms with van der Waals surface area (Å²) in [6.07, 6.45) is 0. The lowest BCUT2D eigenvalue weighted by molar-refractivity contribution is 0.344. The Bertz CT molecular complexity index is 762. The number of rotatable bonds is 3. The number of nitrogens with zero attached hydrogens (tertiary/aromatic N) is 2. The molecule has 0 aliphatic rings. The van der Waals surface area contributed by atoms with Crippen LogP contribution in [0.4, 0.5) is 0 Å². The van der Waals surface area contributed by atoms with Crippen molar-refractivity contribution in [3.8, 4) is 0 Å². The molecule has 0 N–H and O–H groups in total. The second-order valence-electron chi connectivity index (χ2n) is 4.19. The zero-order valence-electron chi connectivity index (χ0n) is 10.4. The van der Waals surface area contributed by atoms with Gasteiger partial charge in [0.05, 0.1) is 5.69 Å². The Morgan fingerprint density at radius 1 is 1.26 bits per heavy atom. The lowest BCUT2D eigenvalue weighted by Gasteiger charge is -2.01. The monoisotopic (exact) mass is 272 g/mol. The minimum absolute atomic E-state index is 0.179. The lowest BCUT2D eigenvalue weighted by atomic mass is 10.4. The van der Waals surface area contributed by atoms with Crippen LogP contribution in [0.3, 0.4) is 0 Å². The largest absolute Gasteiger partial charge is 0.375 e. The van der Waals surface area contributed by atoms with Gasteiger partial charge in [0.2, 0.25) is 0 Å². The van der Waals surface area contributed by atoms with Crippen LogP contribution < -0.4 is 5.56 Å². The average Bonchev–Trinajstić information content (AvgIpc) is 2.79. The summed E-state index contributed by atoms with van der Waals surface area (Å²) < 4.78 is 6.47. The fourth-order valence-corrected chi connectivity index (χ4v) is 2.63. The van der Waals surface area contributed by atoms with E-state index in [1.807, 2.05) is 30.3 Å². The van der Waals surface area contributed by atoms with E-state index in [1.54, 1.807) is 24.8 Å². The molecule has 19 heavy (non-hydrogen) atoms. The molecule has 0 fully saturated rings. The predicted octanol–water partition coefficient (Wildman–Crippen LogP) is 2.89. The Balaban J connectivity index is 1.87. The highest BCUT2D eigenvalue weighted by Crippen LogP contribution is 2.21. The van der Waals surface area contributed by atoms with E-state index in [2.05, 4.69) is 4.98 Å². The average molecular weight is 272 g/mol. The summed E-state index contributed by atoms with van der Waals surface area (Å²) in [5.41, 5.74) is 1.15. The number of fused-ring (bicyclic) bond motifs is 1. The van der Waals surface area contributed by atoms with Gasteiger partial charge in [-0.05, 0) is 19.1 Å². The smallest absolute Gasteiger partial charge is 0.287 e. The number of hydrogen-bond acceptors (Lipinski definition) is 4. The van der Waals surface area contributed by atoms with Crippen molar-refractivity contribution in [3.63, 3.8) is 0 Å². The molecule has 2 heterocycles. The molecule has 0 bridgehead atoms. The molecule has 2 aromatic heterocycles. The number of aromatic nitrogens is 2. The van der Waals surface area contributed by atoms with Crippen LogP contribution in [0, 0.1) is 6.92 Å². The van der Waals surface area contributed by atoms with E-state index in [0.29, 0.717) is 17.2 Å². The molecule has 3 rings (SSSR count). The highest BCUT2D eigenvalue weighted by atomic mass is 32.2. The molecule has 0 saturated carbocycles. The van der Waals surface area contributed by atoms with Crippen molar-refractivity contribution in [1.82, 2.24) is 9.56 Å². The molecule has 0 unspecified atom stereocenters. The summed E-state index contributed by atoms with van der Waals surface area (Å²) in [4.78, 5) is 17.4. The second kappa shape index (κ2) is 4.93. The maximum absolute atomic E-state index is 11.8. The quantitative estimate of drug-likeness (QED) is 0.688. The van der Waals surface area contributed by atoms with Crippen LogP contribution in [0.1, 0.15) is 11.5 Å². The molecular formula is C14H12N2O2S. The molecule has 0 radical (unpaired) electrons. The SMILES string of the molecule is Cc1cc2nc(CSc3ccccc3)cc(=O)n2o1. The molecule has 5 heteroatoms. The molecule has 96 valence electrons. The zero-order valence-corrected chi connectivity index (χ0v) is 11.2. The first kappa shape index (κ1) is 12.0. The van der Waals surface area contributed by atoms with Crippen molar-refractivity contribution < 1.29 is 4.52 Å². The normalized spacial score (nSPS) is 11.0. The summed E-state index contributed by atoms with van der Waals surface area (Å²) >= 11 is 1.66. The van der Waals surface area contributed by atoms with Crippen molar-refractivity contribution in [2.24, 2.45) is 0 Å². The Hall–Kier alpha value is -2.01. The molecule has 0 saturated heterocycles. The molecule has 0 atom stereocenters. The van der Waals surface area contributed by atoms with Crippen LogP contribution in [-0.4, -0.2) is 9.56 Å². The summed E-state index contributed by atoms with van der Waals surface area (Å²) in [5, 5.41) is 0. The summed E-state index contributed by atoms with van der Waals surface area (Å²) in [7, 11) is 0. The van der Waals surface area contributed by atoms with Gasteiger partial charge in [-0.25, -0.2) is 4.98 Å². The van der Waals surface area contributed by atoms with Crippen LogP contribution in [0.15, 0.2) is 56.7 Å². The Kier molecular flexibility index (Phi) is 3.13. The van der Waals surface area contributed by atoms with Gasteiger partial charge in [-0.2, -0.15) is 0 Å². The molecule has 0 aliphatic carbocycles. The summed E-state index contributed by atoms with van der Waals surface area (Å²) in [6.45, 7) is 1.80. The van der Waals surface area contributed by atoms with Crippen LogP contribution in [0.2, 0.25) is 0 Å². The maximum atomic E-state index is 11.8.